The van der Waals surface area contributed by atoms with Crippen LogP contribution in [0.4, 0.5) is 5.95 Å². The van der Waals surface area contributed by atoms with E-state index < -0.39 is 0 Å². The van der Waals surface area contributed by atoms with Crippen LogP contribution in [0.25, 0.3) is 10.9 Å². The number of methoxy groups -OCH3 is 2. The number of fused-ring (bicyclic) bond motifs is 1. The lowest BCUT2D eigenvalue weighted by Crippen LogP contribution is -2.34. The molecule has 3 N–H and O–H groups in total. The molecule has 0 spiro atoms. The third-order valence-corrected chi connectivity index (χ3v) is 6.06. The van der Waals surface area contributed by atoms with Crippen LogP contribution in [0.3, 0.4) is 0 Å². The van der Waals surface area contributed by atoms with Crippen molar-refractivity contribution >= 4 is 23.1 Å². The summed E-state index contributed by atoms with van der Waals surface area (Å²) >= 11 is 0. The number of nitrogens with one attached hydrogen (secondary N) is 1. The van der Waals surface area contributed by atoms with Crippen molar-refractivity contribution in [1.29, 1.82) is 0 Å². The third kappa shape index (κ3) is 7.17. The van der Waals surface area contributed by atoms with Crippen LogP contribution in [0.5, 0.6) is 11.5 Å². The smallest absolute Gasteiger partial charge is 0.221 e. The van der Waals surface area contributed by atoms with Crippen molar-refractivity contribution in [2.75, 3.05) is 53.2 Å². The number of likely N-dealkylation sites (tertiary alicyclic amines) is 1. The molecule has 2 aromatic carbocycles. The highest BCUT2D eigenvalue weighted by molar-refractivity contribution is 5.88. The summed E-state index contributed by atoms with van der Waals surface area (Å²) in [7, 11) is 5.13. The van der Waals surface area contributed by atoms with Crippen molar-refractivity contribution in [3.63, 3.8) is 0 Å². The fourth-order valence-electron chi connectivity index (χ4n) is 4.00. The molecule has 0 amide bonds. The largest absolute Gasteiger partial charge is 0.493 e. The Balaban J connectivity index is 0.000000303. The minimum atomic E-state index is 0.118. The van der Waals surface area contributed by atoms with Gasteiger partial charge in [-0.05, 0) is 63.5 Å². The van der Waals surface area contributed by atoms with Gasteiger partial charge in [-0.2, -0.15) is 0 Å². The Morgan fingerprint density at radius 3 is 2.44 bits per heavy atom. The van der Waals surface area contributed by atoms with Gasteiger partial charge in [0.1, 0.15) is 12.0 Å². The van der Waals surface area contributed by atoms with Crippen molar-refractivity contribution in [3.8, 4) is 23.3 Å². The lowest BCUT2D eigenvalue weighted by molar-refractivity contribution is 0.112. The van der Waals surface area contributed by atoms with Gasteiger partial charge in [0.25, 0.3) is 0 Å². The van der Waals surface area contributed by atoms with E-state index in [1.165, 1.54) is 38.9 Å². The van der Waals surface area contributed by atoms with Gasteiger partial charge < -0.3 is 25.4 Å². The maximum absolute atomic E-state index is 11.0. The van der Waals surface area contributed by atoms with E-state index in [2.05, 4.69) is 32.0 Å². The molecule has 8 nitrogen and oxygen atoms in total. The van der Waals surface area contributed by atoms with E-state index >= 15 is 0 Å². The zero-order chi connectivity index (χ0) is 25.9. The van der Waals surface area contributed by atoms with Crippen molar-refractivity contribution in [2.24, 2.45) is 0 Å². The first-order valence-electron chi connectivity index (χ1n) is 12.1. The van der Waals surface area contributed by atoms with E-state index in [9.17, 15) is 4.79 Å². The van der Waals surface area contributed by atoms with Gasteiger partial charge in [0.05, 0.1) is 19.7 Å². The molecule has 2 heterocycles. The summed E-state index contributed by atoms with van der Waals surface area (Å²) in [5.74, 6) is 7.31. The molecule has 0 bridgehead atoms. The summed E-state index contributed by atoms with van der Waals surface area (Å²) < 4.78 is 10.6. The molecule has 0 radical (unpaired) electrons. The molecule has 1 fully saturated rings. The summed E-state index contributed by atoms with van der Waals surface area (Å²) in [6.07, 6.45) is 5.04. The summed E-state index contributed by atoms with van der Waals surface area (Å²) in [6, 6.07) is 8.85. The predicted octanol–water partition coefficient (Wildman–Crippen LogP) is 3.44. The van der Waals surface area contributed by atoms with E-state index in [0.717, 1.165) is 24.0 Å². The molecule has 8 heteroatoms. The Kier molecular flexibility index (Phi) is 10.0. The Labute approximate surface area is 213 Å². The van der Waals surface area contributed by atoms with E-state index in [1.54, 1.807) is 38.5 Å². The first-order valence-corrected chi connectivity index (χ1v) is 12.1. The number of aryl methyl sites for hydroxylation is 1. The van der Waals surface area contributed by atoms with Crippen LogP contribution in [0, 0.1) is 18.8 Å². The first-order chi connectivity index (χ1) is 17.5. The van der Waals surface area contributed by atoms with Gasteiger partial charge in [0.15, 0.2) is 11.5 Å². The van der Waals surface area contributed by atoms with E-state index in [-0.39, 0.29) is 5.95 Å². The van der Waals surface area contributed by atoms with Gasteiger partial charge in [-0.25, -0.2) is 9.97 Å². The number of nitrogen functional groups attached to an aromatic ring is 1. The number of hydrogen-bond acceptors (Lipinski definition) is 8. The minimum Gasteiger partial charge on any atom is -0.493 e. The molecule has 4 rings (SSSR count). The molecule has 1 aliphatic rings. The van der Waals surface area contributed by atoms with Crippen LogP contribution in [0.15, 0.2) is 30.3 Å². The quantitative estimate of drug-likeness (QED) is 0.401. The van der Waals surface area contributed by atoms with Gasteiger partial charge >= 0.3 is 0 Å². The number of benzene rings is 2. The summed E-state index contributed by atoms with van der Waals surface area (Å²) in [5.41, 5.74) is 9.19. The molecule has 1 aromatic heterocycles. The molecular formula is C28H35N5O3. The average molecular weight is 490 g/mol. The fourth-order valence-corrected chi connectivity index (χ4v) is 4.00. The number of anilines is 1. The number of aldehydes is 1. The first kappa shape index (κ1) is 26.9. The molecule has 0 aliphatic carbocycles. The van der Waals surface area contributed by atoms with Crippen molar-refractivity contribution in [2.45, 2.75) is 26.2 Å². The molecule has 3 aromatic rings. The van der Waals surface area contributed by atoms with Crippen molar-refractivity contribution in [1.82, 2.24) is 20.2 Å². The van der Waals surface area contributed by atoms with Crippen LogP contribution in [-0.2, 0) is 0 Å². The Morgan fingerprint density at radius 1 is 1.06 bits per heavy atom. The highest BCUT2D eigenvalue weighted by Crippen LogP contribution is 2.32. The van der Waals surface area contributed by atoms with Gasteiger partial charge in [-0.1, -0.05) is 24.5 Å². The highest BCUT2D eigenvalue weighted by Gasteiger charge is 2.11. The molecule has 190 valence electrons. The van der Waals surface area contributed by atoms with Gasteiger partial charge in [0, 0.05) is 35.7 Å². The third-order valence-electron chi connectivity index (χ3n) is 6.06. The van der Waals surface area contributed by atoms with Crippen molar-refractivity contribution < 1.29 is 14.3 Å². The maximum Gasteiger partial charge on any atom is 0.221 e. The van der Waals surface area contributed by atoms with Crippen LogP contribution in [0.2, 0.25) is 0 Å². The van der Waals surface area contributed by atoms with Gasteiger partial charge in [0.2, 0.25) is 5.95 Å². The van der Waals surface area contributed by atoms with Crippen LogP contribution < -0.4 is 20.5 Å². The van der Waals surface area contributed by atoms with Crippen LogP contribution >= 0.6 is 0 Å². The molecule has 1 aliphatic heterocycles. The van der Waals surface area contributed by atoms with E-state index in [1.807, 2.05) is 20.0 Å². The summed E-state index contributed by atoms with van der Waals surface area (Å²) in [4.78, 5) is 22.0. The predicted molar refractivity (Wildman–Crippen MR) is 144 cm³/mol. The van der Waals surface area contributed by atoms with Gasteiger partial charge in [-0.3, -0.25) is 4.79 Å². The minimum absolute atomic E-state index is 0.118. The topological polar surface area (TPSA) is 103 Å². The molecular weight excluding hydrogens is 454 g/mol. The number of carbonyl (C=O) groups is 1. The second-order valence-corrected chi connectivity index (χ2v) is 8.60. The number of rotatable bonds is 6. The maximum atomic E-state index is 11.0. The Hall–Kier alpha value is -3.67. The monoisotopic (exact) mass is 489 g/mol. The molecule has 36 heavy (non-hydrogen) atoms. The van der Waals surface area contributed by atoms with Crippen LogP contribution in [-0.4, -0.2) is 68.6 Å². The normalized spacial score (nSPS) is 13.2. The Bertz CT molecular complexity index is 1240. The number of ether oxygens (including phenoxy) is 2. The molecule has 1 saturated heterocycles. The lowest BCUT2D eigenvalue weighted by Gasteiger charge is -2.25. The Morgan fingerprint density at radius 2 is 1.78 bits per heavy atom. The number of aromatic nitrogens is 2. The molecule has 0 atom stereocenters. The number of hydrogen-bond donors (Lipinski definition) is 2. The number of piperidine rings is 1. The molecule has 0 unspecified atom stereocenters. The lowest BCUT2D eigenvalue weighted by atomic mass is 10.1. The van der Waals surface area contributed by atoms with Crippen LogP contribution in [0.1, 0.15) is 46.4 Å². The average Bonchev–Trinajstić information content (AvgIpc) is 2.91. The van der Waals surface area contributed by atoms with Crippen molar-refractivity contribution in [3.05, 3.63) is 52.7 Å². The number of carbonyl (C=O) groups excluding carboxylic acids is 1. The highest BCUT2D eigenvalue weighted by atomic mass is 16.5. The van der Waals surface area contributed by atoms with E-state index in [4.69, 9.17) is 15.2 Å². The SMILES string of the molecule is CNCCN1CCCCC1.COc1cc2nc(N)nc(C#Cc3cc(C=O)ccc3C)c2cc1OC. The number of nitrogens with two attached hydrogens (primary N) is 1. The number of nitrogens with zero attached hydrogens (tertiary/aromatic N) is 3. The standard InChI is InChI=1S/C20H17N3O3.C8H18N2/c1-12-4-5-13(11-24)8-14(12)6-7-16-15-9-18(25-2)19(26-3)10-17(15)23-20(21)22-16;1-9-5-8-10-6-3-2-4-7-10/h4-5,8-11H,1-3H3,(H2,21,22,23);9H,2-8H2,1H3. The summed E-state index contributed by atoms with van der Waals surface area (Å²) in [6.45, 7) is 6.94. The zero-order valence-electron chi connectivity index (χ0n) is 21.6. The van der Waals surface area contributed by atoms with E-state index in [0.29, 0.717) is 33.7 Å². The van der Waals surface area contributed by atoms with Gasteiger partial charge in [-0.15, -0.1) is 0 Å². The summed E-state index contributed by atoms with van der Waals surface area (Å²) in [5, 5.41) is 3.88. The molecule has 0 saturated carbocycles. The second-order valence-electron chi connectivity index (χ2n) is 8.60. The second kappa shape index (κ2) is 13.4. The fraction of sp³-hybridized carbons (Fsp3) is 0.393. The number of likely N-dealkylation sites (N-methyl/N-ethyl adjacent to an activating group) is 1. The zero-order valence-corrected chi connectivity index (χ0v) is 21.6.